The lowest BCUT2D eigenvalue weighted by molar-refractivity contribution is -0.142. The highest BCUT2D eigenvalue weighted by molar-refractivity contribution is 7.15. The molecule has 1 atom stereocenters. The molecule has 8 heteroatoms. The summed E-state index contributed by atoms with van der Waals surface area (Å²) in [5, 5.41) is 3.41. The van der Waals surface area contributed by atoms with E-state index in [2.05, 4.69) is 10.3 Å². The molecule has 22 heavy (non-hydrogen) atoms. The van der Waals surface area contributed by atoms with Crippen LogP contribution in [0, 0.1) is 6.92 Å². The molecule has 2 fully saturated rings. The largest absolute Gasteiger partial charge is 0.368 e. The lowest BCUT2D eigenvalue weighted by Crippen LogP contribution is -2.53. The number of amides is 3. The Labute approximate surface area is 133 Å². The van der Waals surface area contributed by atoms with Gasteiger partial charge in [0, 0.05) is 43.9 Å². The number of anilines is 1. The summed E-state index contributed by atoms with van der Waals surface area (Å²) in [4.78, 5) is 33.1. The number of nitrogens with zero attached hydrogens (tertiary/aromatic N) is 3. The smallest absolute Gasteiger partial charge is 0.323 e. The number of carbonyl (C=O) groups excluding carboxylic acids is 2. The van der Waals surface area contributed by atoms with Crippen molar-refractivity contribution in [2.24, 2.45) is 0 Å². The van der Waals surface area contributed by atoms with Crippen LogP contribution in [-0.2, 0) is 9.53 Å². The molecule has 2 aliphatic rings. The fraction of sp³-hybridized carbons (Fsp3) is 0.643. The molecular weight excluding hydrogens is 304 g/mol. The van der Waals surface area contributed by atoms with Crippen LogP contribution in [0.25, 0.3) is 0 Å². The van der Waals surface area contributed by atoms with Crippen molar-refractivity contribution >= 4 is 28.4 Å². The maximum Gasteiger partial charge on any atom is 0.323 e. The van der Waals surface area contributed by atoms with Crippen molar-refractivity contribution in [2.75, 3.05) is 38.1 Å². The van der Waals surface area contributed by atoms with Crippen molar-refractivity contribution in [2.45, 2.75) is 25.9 Å². The van der Waals surface area contributed by atoms with Gasteiger partial charge < -0.3 is 14.5 Å². The van der Waals surface area contributed by atoms with Gasteiger partial charge in [-0.1, -0.05) is 0 Å². The van der Waals surface area contributed by atoms with Crippen molar-refractivity contribution in [3.63, 3.8) is 0 Å². The van der Waals surface area contributed by atoms with Crippen LogP contribution in [0.1, 0.15) is 17.7 Å². The van der Waals surface area contributed by atoms with Gasteiger partial charge in [0.25, 0.3) is 5.91 Å². The molecule has 0 radical (unpaired) electrons. The zero-order valence-electron chi connectivity index (χ0n) is 12.6. The Balaban J connectivity index is 1.48. The van der Waals surface area contributed by atoms with E-state index in [9.17, 15) is 9.59 Å². The van der Waals surface area contributed by atoms with E-state index in [1.807, 2.05) is 6.92 Å². The summed E-state index contributed by atoms with van der Waals surface area (Å²) in [7, 11) is 0. The third kappa shape index (κ3) is 3.38. The number of urea groups is 1. The molecule has 0 unspecified atom stereocenters. The summed E-state index contributed by atoms with van der Waals surface area (Å²) in [5.41, 5.74) is 0. The molecule has 0 bridgehead atoms. The van der Waals surface area contributed by atoms with E-state index in [1.54, 1.807) is 16.0 Å². The van der Waals surface area contributed by atoms with Gasteiger partial charge in [0.2, 0.25) is 0 Å². The minimum Gasteiger partial charge on any atom is -0.368 e. The molecule has 3 heterocycles. The van der Waals surface area contributed by atoms with E-state index in [-0.39, 0.29) is 18.0 Å². The van der Waals surface area contributed by atoms with Gasteiger partial charge in [-0.25, -0.2) is 9.78 Å². The Morgan fingerprint density at radius 3 is 2.64 bits per heavy atom. The van der Waals surface area contributed by atoms with Crippen molar-refractivity contribution in [1.29, 1.82) is 0 Å². The Bertz CT molecular complexity index is 548. The van der Waals surface area contributed by atoms with Gasteiger partial charge in [-0.3, -0.25) is 10.1 Å². The van der Waals surface area contributed by atoms with Crippen LogP contribution in [0.15, 0.2) is 6.20 Å². The number of carbonyl (C=O) groups is 2. The second kappa shape index (κ2) is 6.62. The monoisotopic (exact) mass is 324 g/mol. The van der Waals surface area contributed by atoms with Crippen LogP contribution in [0.5, 0.6) is 0 Å². The van der Waals surface area contributed by atoms with Crippen molar-refractivity contribution in [1.82, 2.24) is 14.8 Å². The molecule has 0 spiro atoms. The van der Waals surface area contributed by atoms with E-state index in [1.165, 1.54) is 11.3 Å². The zero-order chi connectivity index (χ0) is 15.5. The topological polar surface area (TPSA) is 74.8 Å². The molecule has 0 aromatic carbocycles. The fourth-order valence-corrected chi connectivity index (χ4v) is 3.34. The molecule has 1 aromatic heterocycles. The number of piperazine rings is 1. The first-order valence-electron chi connectivity index (χ1n) is 7.52. The average molecular weight is 324 g/mol. The first kappa shape index (κ1) is 15.2. The number of hydrogen-bond donors (Lipinski definition) is 1. The second-order valence-corrected chi connectivity index (χ2v) is 6.75. The maximum atomic E-state index is 12.2. The first-order chi connectivity index (χ1) is 10.6. The third-order valence-electron chi connectivity index (χ3n) is 3.92. The summed E-state index contributed by atoms with van der Waals surface area (Å²) in [6, 6.07) is -0.154. The number of thiazole rings is 1. The Kier molecular flexibility index (Phi) is 4.58. The van der Waals surface area contributed by atoms with Crippen LogP contribution in [0.3, 0.4) is 0 Å². The van der Waals surface area contributed by atoms with E-state index in [4.69, 9.17) is 4.74 Å². The molecule has 7 nitrogen and oxygen atoms in total. The molecular formula is C14H20N4O3S. The number of hydrogen-bond acceptors (Lipinski definition) is 5. The summed E-state index contributed by atoms with van der Waals surface area (Å²) in [5.74, 6) is 0.0631. The molecule has 3 rings (SSSR count). The predicted octanol–water partition coefficient (Wildman–Crippen LogP) is 1.31. The predicted molar refractivity (Wildman–Crippen MR) is 83.0 cm³/mol. The SMILES string of the molecule is Cc1cnc(NC(=O)N2CCN(C(=O)[C@H]3CCCO3)CC2)s1. The van der Waals surface area contributed by atoms with Crippen molar-refractivity contribution in [3.8, 4) is 0 Å². The first-order valence-corrected chi connectivity index (χ1v) is 8.34. The molecule has 2 saturated heterocycles. The van der Waals surface area contributed by atoms with Gasteiger partial charge >= 0.3 is 6.03 Å². The quantitative estimate of drug-likeness (QED) is 0.890. The summed E-state index contributed by atoms with van der Waals surface area (Å²) >= 11 is 1.45. The lowest BCUT2D eigenvalue weighted by atomic mass is 10.2. The van der Waals surface area contributed by atoms with Gasteiger partial charge in [-0.05, 0) is 19.8 Å². The number of nitrogens with one attached hydrogen (secondary N) is 1. The maximum absolute atomic E-state index is 12.2. The molecule has 3 amide bonds. The fourth-order valence-electron chi connectivity index (χ4n) is 2.69. The minimum atomic E-state index is -0.279. The van der Waals surface area contributed by atoms with Crippen molar-refractivity contribution < 1.29 is 14.3 Å². The Morgan fingerprint density at radius 1 is 1.32 bits per heavy atom. The van der Waals surface area contributed by atoms with Gasteiger partial charge in [0.05, 0.1) is 0 Å². The van der Waals surface area contributed by atoms with Crippen LogP contribution < -0.4 is 5.32 Å². The van der Waals surface area contributed by atoms with Crippen LogP contribution >= 0.6 is 11.3 Å². The number of rotatable bonds is 2. The van der Waals surface area contributed by atoms with Gasteiger partial charge in [0.15, 0.2) is 5.13 Å². The average Bonchev–Trinajstić information content (AvgIpc) is 3.18. The molecule has 0 aliphatic carbocycles. The Morgan fingerprint density at radius 2 is 2.05 bits per heavy atom. The van der Waals surface area contributed by atoms with Gasteiger partial charge in [-0.2, -0.15) is 0 Å². The highest BCUT2D eigenvalue weighted by Gasteiger charge is 2.31. The third-order valence-corrected chi connectivity index (χ3v) is 4.75. The van der Waals surface area contributed by atoms with E-state index < -0.39 is 0 Å². The second-order valence-electron chi connectivity index (χ2n) is 5.52. The molecule has 0 saturated carbocycles. The van der Waals surface area contributed by atoms with E-state index in [0.29, 0.717) is 37.9 Å². The molecule has 1 aromatic rings. The van der Waals surface area contributed by atoms with Crippen molar-refractivity contribution in [3.05, 3.63) is 11.1 Å². The highest BCUT2D eigenvalue weighted by atomic mass is 32.1. The van der Waals surface area contributed by atoms with Crippen LogP contribution in [0.4, 0.5) is 9.93 Å². The zero-order valence-corrected chi connectivity index (χ0v) is 13.4. The molecule has 2 aliphatic heterocycles. The van der Waals surface area contributed by atoms with Gasteiger partial charge in [-0.15, -0.1) is 11.3 Å². The van der Waals surface area contributed by atoms with Crippen LogP contribution in [0.2, 0.25) is 0 Å². The molecule has 120 valence electrons. The standard InChI is InChI=1S/C14H20N4O3S/c1-10-9-15-13(22-10)16-14(20)18-6-4-17(5-7-18)12(19)11-3-2-8-21-11/h9,11H,2-8H2,1H3,(H,15,16,20)/t11-/m1/s1. The van der Waals surface area contributed by atoms with Gasteiger partial charge in [0.1, 0.15) is 6.10 Å². The number of aromatic nitrogens is 1. The highest BCUT2D eigenvalue weighted by Crippen LogP contribution is 2.18. The summed E-state index contributed by atoms with van der Waals surface area (Å²) in [6.07, 6.45) is 3.21. The van der Waals surface area contributed by atoms with Crippen LogP contribution in [-0.4, -0.2) is 65.6 Å². The summed E-state index contributed by atoms with van der Waals surface area (Å²) < 4.78 is 5.43. The lowest BCUT2D eigenvalue weighted by Gasteiger charge is -2.35. The van der Waals surface area contributed by atoms with E-state index >= 15 is 0 Å². The Hall–Kier alpha value is -1.67. The molecule has 1 N–H and O–H groups in total. The number of ether oxygens (including phenoxy) is 1. The summed E-state index contributed by atoms with van der Waals surface area (Å²) in [6.45, 7) is 4.81. The normalized spacial score (nSPS) is 22.0. The van der Waals surface area contributed by atoms with E-state index in [0.717, 1.165) is 17.7 Å². The number of aryl methyl sites for hydroxylation is 1. The minimum absolute atomic E-state index is 0.0631.